The Balaban J connectivity index is 2.11. The van der Waals surface area contributed by atoms with Gasteiger partial charge in [-0.05, 0) is 24.6 Å². The van der Waals surface area contributed by atoms with Gasteiger partial charge in [0.1, 0.15) is 0 Å². The third kappa shape index (κ3) is 3.37. The lowest BCUT2D eigenvalue weighted by molar-refractivity contribution is 0.658. The van der Waals surface area contributed by atoms with Gasteiger partial charge >= 0.3 is 0 Å². The van der Waals surface area contributed by atoms with E-state index in [4.69, 9.17) is 0 Å². The van der Waals surface area contributed by atoms with E-state index in [9.17, 15) is 4.79 Å². The third-order valence-electron chi connectivity index (χ3n) is 3.62. The monoisotopic (exact) mass is 322 g/mol. The second-order valence-electron chi connectivity index (χ2n) is 5.39. The molecule has 3 nitrogen and oxygen atoms in total. The molecule has 0 saturated heterocycles. The number of nitrogens with zero attached hydrogens (tertiary/aromatic N) is 2. The van der Waals surface area contributed by atoms with E-state index in [-0.39, 0.29) is 5.56 Å². The first-order valence-electron chi connectivity index (χ1n) is 7.48. The maximum atomic E-state index is 12.9. The molecule has 23 heavy (non-hydrogen) atoms. The van der Waals surface area contributed by atoms with Crippen molar-refractivity contribution in [2.24, 2.45) is 0 Å². The van der Waals surface area contributed by atoms with Crippen LogP contribution in [-0.4, -0.2) is 15.3 Å². The highest BCUT2D eigenvalue weighted by Gasteiger charge is 2.11. The molecule has 0 amide bonds. The van der Waals surface area contributed by atoms with Gasteiger partial charge in [-0.2, -0.15) is 0 Å². The molecule has 0 saturated carbocycles. The summed E-state index contributed by atoms with van der Waals surface area (Å²) in [5.74, 6) is 0.721. The SMILES string of the molecule is C=CCSc1nc2ccccc2c(=O)n1Cc1ccc(C)cc1. The van der Waals surface area contributed by atoms with Gasteiger partial charge in [-0.1, -0.05) is 59.8 Å². The van der Waals surface area contributed by atoms with Crippen molar-refractivity contribution < 1.29 is 0 Å². The Labute approximate surface area is 139 Å². The molecule has 2 aromatic carbocycles. The number of thioether (sulfide) groups is 1. The first-order chi connectivity index (χ1) is 11.2. The fourth-order valence-electron chi connectivity index (χ4n) is 2.41. The molecule has 116 valence electrons. The first kappa shape index (κ1) is 15.6. The van der Waals surface area contributed by atoms with Crippen molar-refractivity contribution in [3.8, 4) is 0 Å². The van der Waals surface area contributed by atoms with Gasteiger partial charge in [0, 0.05) is 5.75 Å². The predicted molar refractivity (Wildman–Crippen MR) is 97.2 cm³/mol. The van der Waals surface area contributed by atoms with E-state index < -0.39 is 0 Å². The number of fused-ring (bicyclic) bond motifs is 1. The van der Waals surface area contributed by atoms with E-state index in [0.29, 0.717) is 11.9 Å². The Morgan fingerprint density at radius 3 is 2.65 bits per heavy atom. The Hall–Kier alpha value is -2.33. The predicted octanol–water partition coefficient (Wildman–Crippen LogP) is 4.03. The average molecular weight is 322 g/mol. The van der Waals surface area contributed by atoms with Crippen LogP contribution in [0.4, 0.5) is 0 Å². The number of hydrogen-bond acceptors (Lipinski definition) is 3. The molecule has 0 bridgehead atoms. The molecule has 0 radical (unpaired) electrons. The molecular formula is C19H18N2OS. The minimum Gasteiger partial charge on any atom is -0.283 e. The molecular weight excluding hydrogens is 304 g/mol. The van der Waals surface area contributed by atoms with Crippen LogP contribution in [0.25, 0.3) is 10.9 Å². The van der Waals surface area contributed by atoms with E-state index in [1.807, 2.05) is 30.3 Å². The number of hydrogen-bond donors (Lipinski definition) is 0. The molecule has 0 aliphatic rings. The van der Waals surface area contributed by atoms with Crippen LogP contribution in [-0.2, 0) is 6.54 Å². The zero-order valence-corrected chi connectivity index (χ0v) is 13.8. The van der Waals surface area contributed by atoms with Crippen molar-refractivity contribution in [3.05, 3.63) is 82.7 Å². The molecule has 0 fully saturated rings. The second kappa shape index (κ2) is 6.84. The van der Waals surface area contributed by atoms with Crippen molar-refractivity contribution in [2.75, 3.05) is 5.75 Å². The number of para-hydroxylation sites is 1. The molecule has 0 aliphatic carbocycles. The number of rotatable bonds is 5. The molecule has 1 heterocycles. The lowest BCUT2D eigenvalue weighted by Crippen LogP contribution is -2.24. The maximum absolute atomic E-state index is 12.9. The lowest BCUT2D eigenvalue weighted by Gasteiger charge is -2.13. The molecule has 3 aromatic rings. The largest absolute Gasteiger partial charge is 0.283 e. The normalized spacial score (nSPS) is 10.8. The molecule has 0 N–H and O–H groups in total. The van der Waals surface area contributed by atoms with Gasteiger partial charge in [-0.3, -0.25) is 9.36 Å². The zero-order valence-electron chi connectivity index (χ0n) is 13.0. The highest BCUT2D eigenvalue weighted by molar-refractivity contribution is 7.99. The minimum absolute atomic E-state index is 0.00253. The van der Waals surface area contributed by atoms with E-state index >= 15 is 0 Å². The van der Waals surface area contributed by atoms with Gasteiger partial charge in [-0.25, -0.2) is 4.98 Å². The van der Waals surface area contributed by atoms with Gasteiger partial charge in [0.05, 0.1) is 17.4 Å². The van der Waals surface area contributed by atoms with Crippen LogP contribution < -0.4 is 5.56 Å². The first-order valence-corrected chi connectivity index (χ1v) is 8.46. The molecule has 1 aromatic heterocycles. The summed E-state index contributed by atoms with van der Waals surface area (Å²) in [7, 11) is 0. The average Bonchev–Trinajstić information content (AvgIpc) is 2.57. The van der Waals surface area contributed by atoms with Crippen LogP contribution in [0.5, 0.6) is 0 Å². The summed E-state index contributed by atoms with van der Waals surface area (Å²) >= 11 is 1.53. The van der Waals surface area contributed by atoms with Crippen LogP contribution in [0.2, 0.25) is 0 Å². The van der Waals surface area contributed by atoms with E-state index in [1.165, 1.54) is 17.3 Å². The fourth-order valence-corrected chi connectivity index (χ4v) is 3.14. The molecule has 0 aliphatic heterocycles. The van der Waals surface area contributed by atoms with Crippen molar-refractivity contribution >= 4 is 22.7 Å². The van der Waals surface area contributed by atoms with Gasteiger partial charge in [0.2, 0.25) is 0 Å². The second-order valence-corrected chi connectivity index (χ2v) is 6.38. The lowest BCUT2D eigenvalue weighted by atomic mass is 10.1. The number of aryl methyl sites for hydroxylation is 1. The van der Waals surface area contributed by atoms with Crippen molar-refractivity contribution in [1.82, 2.24) is 9.55 Å². The van der Waals surface area contributed by atoms with Crippen LogP contribution in [0.3, 0.4) is 0 Å². The Kier molecular flexibility index (Phi) is 4.63. The highest BCUT2D eigenvalue weighted by atomic mass is 32.2. The van der Waals surface area contributed by atoms with Gasteiger partial charge < -0.3 is 0 Å². The van der Waals surface area contributed by atoms with E-state index in [0.717, 1.165) is 22.0 Å². The fraction of sp³-hybridized carbons (Fsp3) is 0.158. The van der Waals surface area contributed by atoms with Crippen LogP contribution in [0.1, 0.15) is 11.1 Å². The third-order valence-corrected chi connectivity index (χ3v) is 4.59. The minimum atomic E-state index is 0.00253. The quantitative estimate of drug-likeness (QED) is 0.404. The Morgan fingerprint density at radius 2 is 1.91 bits per heavy atom. The smallest absolute Gasteiger partial charge is 0.262 e. The maximum Gasteiger partial charge on any atom is 0.262 e. The Morgan fingerprint density at radius 1 is 1.17 bits per heavy atom. The van der Waals surface area contributed by atoms with Gasteiger partial charge in [0.15, 0.2) is 5.16 Å². The zero-order chi connectivity index (χ0) is 16.2. The summed E-state index contributed by atoms with van der Waals surface area (Å²) in [4.78, 5) is 17.5. The Bertz CT molecular complexity index is 897. The standard InChI is InChI=1S/C19H18N2OS/c1-3-12-23-19-20-17-7-5-4-6-16(17)18(22)21(19)13-15-10-8-14(2)9-11-15/h3-11H,1,12-13H2,2H3. The summed E-state index contributed by atoms with van der Waals surface area (Å²) in [6.07, 6.45) is 1.82. The summed E-state index contributed by atoms with van der Waals surface area (Å²) in [5.41, 5.74) is 3.04. The number of benzene rings is 2. The van der Waals surface area contributed by atoms with Crippen molar-refractivity contribution in [2.45, 2.75) is 18.6 Å². The van der Waals surface area contributed by atoms with E-state index in [1.54, 1.807) is 4.57 Å². The summed E-state index contributed by atoms with van der Waals surface area (Å²) < 4.78 is 1.75. The molecule has 3 rings (SSSR count). The summed E-state index contributed by atoms with van der Waals surface area (Å²) in [5, 5.41) is 1.39. The van der Waals surface area contributed by atoms with Crippen molar-refractivity contribution in [1.29, 1.82) is 0 Å². The molecule has 0 unspecified atom stereocenters. The van der Waals surface area contributed by atoms with Crippen LogP contribution in [0, 0.1) is 6.92 Å². The van der Waals surface area contributed by atoms with Crippen LogP contribution in [0.15, 0.2) is 71.1 Å². The molecule has 0 atom stereocenters. The molecule has 0 spiro atoms. The van der Waals surface area contributed by atoms with Crippen LogP contribution >= 0.6 is 11.8 Å². The van der Waals surface area contributed by atoms with E-state index in [2.05, 4.69) is 42.8 Å². The summed E-state index contributed by atoms with van der Waals surface area (Å²) in [6.45, 7) is 6.33. The topological polar surface area (TPSA) is 34.9 Å². The van der Waals surface area contributed by atoms with Gasteiger partial charge in [-0.15, -0.1) is 6.58 Å². The number of aromatic nitrogens is 2. The van der Waals surface area contributed by atoms with Gasteiger partial charge in [0.25, 0.3) is 5.56 Å². The van der Waals surface area contributed by atoms with Crippen molar-refractivity contribution in [3.63, 3.8) is 0 Å². The summed E-state index contributed by atoms with van der Waals surface area (Å²) in [6, 6.07) is 15.7. The molecule has 4 heteroatoms. The highest BCUT2D eigenvalue weighted by Crippen LogP contribution is 2.19.